The summed E-state index contributed by atoms with van der Waals surface area (Å²) >= 11 is 0. The molecule has 0 saturated carbocycles. The number of hydrogen-bond donors (Lipinski definition) is 1. The fourth-order valence-electron chi connectivity index (χ4n) is 2.19. The summed E-state index contributed by atoms with van der Waals surface area (Å²) in [6.07, 6.45) is 3.89. The molecule has 0 aliphatic carbocycles. The van der Waals surface area contributed by atoms with Gasteiger partial charge in [-0.15, -0.1) is 0 Å². The molecule has 1 N–H and O–H groups in total. The van der Waals surface area contributed by atoms with Crippen LogP contribution in [0.5, 0.6) is 0 Å². The Labute approximate surface area is 116 Å². The topological polar surface area (TPSA) is 15.3 Å². The Bertz CT molecular complexity index is 180. The van der Waals surface area contributed by atoms with E-state index < -0.39 is 0 Å². The second-order valence-electron chi connectivity index (χ2n) is 6.26. The van der Waals surface area contributed by atoms with Crippen molar-refractivity contribution in [2.75, 3.05) is 26.2 Å². The second-order valence-corrected chi connectivity index (χ2v) is 6.26. The summed E-state index contributed by atoms with van der Waals surface area (Å²) in [5.74, 6) is 1.50. The molecule has 18 heavy (non-hydrogen) atoms. The molecule has 0 aromatic carbocycles. The summed E-state index contributed by atoms with van der Waals surface area (Å²) in [5.41, 5.74) is 0. The lowest BCUT2D eigenvalue weighted by Crippen LogP contribution is -2.39. The zero-order valence-electron chi connectivity index (χ0n) is 13.6. The van der Waals surface area contributed by atoms with Gasteiger partial charge in [-0.05, 0) is 51.2 Å². The summed E-state index contributed by atoms with van der Waals surface area (Å²) in [6, 6.07) is 0.726. The lowest BCUT2D eigenvalue weighted by Gasteiger charge is -2.31. The van der Waals surface area contributed by atoms with Gasteiger partial charge in [0.05, 0.1) is 0 Å². The van der Waals surface area contributed by atoms with E-state index in [1.807, 2.05) is 0 Å². The van der Waals surface area contributed by atoms with Crippen LogP contribution in [0.2, 0.25) is 0 Å². The van der Waals surface area contributed by atoms with Gasteiger partial charge in [-0.1, -0.05) is 41.0 Å². The predicted octanol–water partition coefficient (Wildman–Crippen LogP) is 3.77. The summed E-state index contributed by atoms with van der Waals surface area (Å²) in [7, 11) is 0. The SMILES string of the molecule is CCCCN(CC(C)CNCC(C)C)C(C)CC. The van der Waals surface area contributed by atoms with Crippen LogP contribution in [0.4, 0.5) is 0 Å². The summed E-state index contributed by atoms with van der Waals surface area (Å²) in [6.45, 7) is 18.6. The quantitative estimate of drug-likeness (QED) is 0.605. The van der Waals surface area contributed by atoms with Crippen molar-refractivity contribution in [2.45, 2.75) is 66.8 Å². The van der Waals surface area contributed by atoms with Gasteiger partial charge in [0.25, 0.3) is 0 Å². The van der Waals surface area contributed by atoms with Gasteiger partial charge in [-0.2, -0.15) is 0 Å². The molecule has 2 unspecified atom stereocenters. The third kappa shape index (κ3) is 8.93. The molecule has 0 spiro atoms. The molecule has 0 aromatic rings. The minimum Gasteiger partial charge on any atom is -0.316 e. The third-order valence-electron chi connectivity index (χ3n) is 3.60. The van der Waals surface area contributed by atoms with Crippen molar-refractivity contribution in [1.82, 2.24) is 10.2 Å². The van der Waals surface area contributed by atoms with E-state index in [1.165, 1.54) is 32.4 Å². The van der Waals surface area contributed by atoms with Gasteiger partial charge < -0.3 is 10.2 Å². The molecule has 0 bridgehead atoms. The van der Waals surface area contributed by atoms with Crippen molar-refractivity contribution < 1.29 is 0 Å². The van der Waals surface area contributed by atoms with Crippen LogP contribution in [0, 0.1) is 11.8 Å². The van der Waals surface area contributed by atoms with E-state index in [-0.39, 0.29) is 0 Å². The van der Waals surface area contributed by atoms with E-state index in [2.05, 4.69) is 51.8 Å². The maximum absolute atomic E-state index is 3.58. The Balaban J connectivity index is 3.97. The molecule has 0 aliphatic rings. The van der Waals surface area contributed by atoms with Crippen LogP contribution >= 0.6 is 0 Å². The van der Waals surface area contributed by atoms with Crippen LogP contribution in [-0.2, 0) is 0 Å². The van der Waals surface area contributed by atoms with E-state index in [4.69, 9.17) is 0 Å². The summed E-state index contributed by atoms with van der Waals surface area (Å²) < 4.78 is 0. The molecule has 0 fully saturated rings. The Hall–Kier alpha value is -0.0800. The molecule has 0 aromatic heterocycles. The summed E-state index contributed by atoms with van der Waals surface area (Å²) in [5, 5.41) is 3.58. The predicted molar refractivity (Wildman–Crippen MR) is 83.1 cm³/mol. The van der Waals surface area contributed by atoms with Gasteiger partial charge in [0.1, 0.15) is 0 Å². The van der Waals surface area contributed by atoms with Crippen LogP contribution in [0.15, 0.2) is 0 Å². The number of nitrogens with one attached hydrogen (secondary N) is 1. The minimum atomic E-state index is 0.726. The average Bonchev–Trinajstić information content (AvgIpc) is 2.32. The molecule has 2 atom stereocenters. The van der Waals surface area contributed by atoms with Crippen molar-refractivity contribution in [3.8, 4) is 0 Å². The normalized spacial score (nSPS) is 15.3. The molecule has 0 radical (unpaired) electrons. The maximum atomic E-state index is 3.58. The maximum Gasteiger partial charge on any atom is 0.00644 e. The zero-order chi connectivity index (χ0) is 14.0. The van der Waals surface area contributed by atoms with Crippen molar-refractivity contribution in [3.63, 3.8) is 0 Å². The first kappa shape index (κ1) is 17.9. The van der Waals surface area contributed by atoms with Gasteiger partial charge in [0, 0.05) is 12.6 Å². The van der Waals surface area contributed by atoms with Gasteiger partial charge in [0.15, 0.2) is 0 Å². The van der Waals surface area contributed by atoms with E-state index in [1.54, 1.807) is 0 Å². The molecule has 0 aliphatic heterocycles. The van der Waals surface area contributed by atoms with Crippen LogP contribution in [0.25, 0.3) is 0 Å². The molecular formula is C16H36N2. The van der Waals surface area contributed by atoms with E-state index in [9.17, 15) is 0 Å². The Morgan fingerprint density at radius 1 is 1.00 bits per heavy atom. The van der Waals surface area contributed by atoms with E-state index in [0.29, 0.717) is 0 Å². The van der Waals surface area contributed by atoms with Gasteiger partial charge >= 0.3 is 0 Å². The Morgan fingerprint density at radius 3 is 2.17 bits per heavy atom. The average molecular weight is 256 g/mol. The highest BCUT2D eigenvalue weighted by molar-refractivity contribution is 4.70. The zero-order valence-corrected chi connectivity index (χ0v) is 13.6. The van der Waals surface area contributed by atoms with E-state index >= 15 is 0 Å². The van der Waals surface area contributed by atoms with Crippen LogP contribution < -0.4 is 5.32 Å². The van der Waals surface area contributed by atoms with Gasteiger partial charge in [-0.25, -0.2) is 0 Å². The van der Waals surface area contributed by atoms with Crippen molar-refractivity contribution >= 4 is 0 Å². The van der Waals surface area contributed by atoms with Crippen LogP contribution in [0.3, 0.4) is 0 Å². The smallest absolute Gasteiger partial charge is 0.00644 e. The lowest BCUT2D eigenvalue weighted by atomic mass is 10.1. The molecular weight excluding hydrogens is 220 g/mol. The highest BCUT2D eigenvalue weighted by atomic mass is 15.1. The van der Waals surface area contributed by atoms with Gasteiger partial charge in [0.2, 0.25) is 0 Å². The van der Waals surface area contributed by atoms with Crippen molar-refractivity contribution in [3.05, 3.63) is 0 Å². The Kier molecular flexibility index (Phi) is 10.8. The fourth-order valence-corrected chi connectivity index (χ4v) is 2.19. The fraction of sp³-hybridized carbons (Fsp3) is 1.00. The molecule has 2 nitrogen and oxygen atoms in total. The van der Waals surface area contributed by atoms with E-state index in [0.717, 1.165) is 31.0 Å². The number of nitrogens with zero attached hydrogens (tertiary/aromatic N) is 1. The van der Waals surface area contributed by atoms with Crippen molar-refractivity contribution in [1.29, 1.82) is 0 Å². The highest BCUT2D eigenvalue weighted by Gasteiger charge is 2.14. The summed E-state index contributed by atoms with van der Waals surface area (Å²) in [4.78, 5) is 2.67. The monoisotopic (exact) mass is 256 g/mol. The molecule has 0 saturated heterocycles. The Morgan fingerprint density at radius 2 is 1.67 bits per heavy atom. The molecule has 0 amide bonds. The largest absolute Gasteiger partial charge is 0.316 e. The third-order valence-corrected chi connectivity index (χ3v) is 3.60. The first-order valence-corrected chi connectivity index (χ1v) is 7.95. The molecule has 110 valence electrons. The minimum absolute atomic E-state index is 0.726. The van der Waals surface area contributed by atoms with Crippen LogP contribution in [-0.4, -0.2) is 37.1 Å². The highest BCUT2D eigenvalue weighted by Crippen LogP contribution is 2.09. The van der Waals surface area contributed by atoms with Crippen LogP contribution in [0.1, 0.15) is 60.8 Å². The molecule has 0 rings (SSSR count). The van der Waals surface area contributed by atoms with Crippen molar-refractivity contribution in [2.24, 2.45) is 11.8 Å². The van der Waals surface area contributed by atoms with Gasteiger partial charge in [-0.3, -0.25) is 0 Å². The number of rotatable bonds is 11. The lowest BCUT2D eigenvalue weighted by molar-refractivity contribution is 0.173. The molecule has 2 heteroatoms. The number of unbranched alkanes of at least 4 members (excludes halogenated alkanes) is 1. The first-order valence-electron chi connectivity index (χ1n) is 7.95. The number of hydrogen-bond acceptors (Lipinski definition) is 2. The standard InChI is InChI=1S/C16H36N2/c1-7-9-10-18(16(6)8-2)13-15(5)12-17-11-14(3)4/h14-17H,7-13H2,1-6H3. The molecule has 0 heterocycles. The first-order chi connectivity index (χ1) is 8.51. The second kappa shape index (κ2) is 10.8.